The van der Waals surface area contributed by atoms with E-state index in [-0.39, 0.29) is 0 Å². The summed E-state index contributed by atoms with van der Waals surface area (Å²) in [6, 6.07) is 10.4. The lowest BCUT2D eigenvalue weighted by atomic mass is 10.1. The van der Waals surface area contributed by atoms with E-state index in [4.69, 9.17) is 5.73 Å². The standard InChI is InChI=1S/C20H20F3N7S/c21-20(22,23)15-5-6-18(25-12-15)30-9-7-29(8-10-30)16-4-2-1-3-14(16)11-26-28-19-27-17(24)13-31-19/h1-6,11-13H,7-10,24H2,(H,27,28). The van der Waals surface area contributed by atoms with Gasteiger partial charge in [0.25, 0.3) is 0 Å². The van der Waals surface area contributed by atoms with Crippen LogP contribution in [0.2, 0.25) is 0 Å². The number of nitrogens with two attached hydrogens (primary N) is 1. The number of pyridine rings is 1. The Morgan fingerprint density at radius 2 is 1.81 bits per heavy atom. The number of hydrogen-bond donors (Lipinski definition) is 2. The molecule has 0 radical (unpaired) electrons. The quantitative estimate of drug-likeness (QED) is 0.456. The summed E-state index contributed by atoms with van der Waals surface area (Å²) in [5.41, 5.74) is 9.71. The minimum atomic E-state index is -4.38. The van der Waals surface area contributed by atoms with Crippen LogP contribution in [0.4, 0.5) is 35.6 Å². The Morgan fingerprint density at radius 3 is 2.45 bits per heavy atom. The molecule has 4 rings (SSSR count). The zero-order valence-electron chi connectivity index (χ0n) is 16.4. The zero-order chi connectivity index (χ0) is 21.8. The van der Waals surface area contributed by atoms with E-state index in [1.54, 1.807) is 11.6 Å². The van der Waals surface area contributed by atoms with Crippen LogP contribution in [0.3, 0.4) is 0 Å². The number of hydrazone groups is 1. The fourth-order valence-electron chi connectivity index (χ4n) is 3.30. The Labute approximate surface area is 181 Å². The smallest absolute Gasteiger partial charge is 0.383 e. The van der Waals surface area contributed by atoms with Crippen LogP contribution in [0.15, 0.2) is 53.1 Å². The maximum atomic E-state index is 12.7. The molecule has 1 aromatic carbocycles. The zero-order valence-corrected chi connectivity index (χ0v) is 17.2. The first-order chi connectivity index (χ1) is 14.9. The van der Waals surface area contributed by atoms with Crippen molar-refractivity contribution in [2.45, 2.75) is 6.18 Å². The number of hydrogen-bond acceptors (Lipinski definition) is 8. The number of benzene rings is 1. The van der Waals surface area contributed by atoms with Gasteiger partial charge in [0.1, 0.15) is 11.6 Å². The van der Waals surface area contributed by atoms with Crippen molar-refractivity contribution in [3.05, 3.63) is 59.1 Å². The first-order valence-corrected chi connectivity index (χ1v) is 10.4. The number of rotatable bonds is 5. The fourth-order valence-corrected chi connectivity index (χ4v) is 3.85. The summed E-state index contributed by atoms with van der Waals surface area (Å²) < 4.78 is 38.2. The number of alkyl halides is 3. The summed E-state index contributed by atoms with van der Waals surface area (Å²) in [6.45, 7) is 2.73. The normalized spacial score (nSPS) is 14.9. The average Bonchev–Trinajstić information content (AvgIpc) is 3.19. The summed E-state index contributed by atoms with van der Waals surface area (Å²) in [6.07, 6.45) is -1.76. The second-order valence-electron chi connectivity index (χ2n) is 6.88. The highest BCUT2D eigenvalue weighted by Crippen LogP contribution is 2.30. The van der Waals surface area contributed by atoms with Gasteiger partial charge in [0.15, 0.2) is 0 Å². The molecule has 1 aliphatic heterocycles. The van der Waals surface area contributed by atoms with Gasteiger partial charge in [-0.15, -0.1) is 11.3 Å². The summed E-state index contributed by atoms with van der Waals surface area (Å²) in [5, 5.41) is 6.60. The van der Waals surface area contributed by atoms with Crippen LogP contribution in [0.5, 0.6) is 0 Å². The van der Waals surface area contributed by atoms with E-state index < -0.39 is 11.7 Å². The van der Waals surface area contributed by atoms with E-state index in [0.29, 0.717) is 42.9 Å². The number of thiazole rings is 1. The van der Waals surface area contributed by atoms with Gasteiger partial charge in [-0.05, 0) is 18.2 Å². The van der Waals surface area contributed by atoms with Gasteiger partial charge in [-0.2, -0.15) is 18.3 Å². The molecule has 0 spiro atoms. The lowest BCUT2D eigenvalue weighted by Crippen LogP contribution is -2.47. The van der Waals surface area contributed by atoms with Crippen molar-refractivity contribution in [1.82, 2.24) is 9.97 Å². The topological polar surface area (TPSA) is 82.7 Å². The minimum absolute atomic E-state index is 0.448. The van der Waals surface area contributed by atoms with Gasteiger partial charge in [0.05, 0.1) is 11.8 Å². The monoisotopic (exact) mass is 447 g/mol. The molecule has 3 aromatic rings. The largest absolute Gasteiger partial charge is 0.417 e. The number of halogens is 3. The van der Waals surface area contributed by atoms with Crippen molar-refractivity contribution >= 4 is 40.0 Å². The molecular weight excluding hydrogens is 427 g/mol. The summed E-state index contributed by atoms with van der Waals surface area (Å²) in [7, 11) is 0. The molecule has 0 unspecified atom stereocenters. The van der Waals surface area contributed by atoms with E-state index in [1.165, 1.54) is 17.4 Å². The van der Waals surface area contributed by atoms with Crippen molar-refractivity contribution in [2.24, 2.45) is 5.10 Å². The SMILES string of the molecule is Nc1csc(NN=Cc2ccccc2N2CCN(c3ccc(C(F)(F)F)cn3)CC2)n1. The molecule has 11 heteroatoms. The van der Waals surface area contributed by atoms with E-state index in [2.05, 4.69) is 25.4 Å². The molecule has 0 saturated carbocycles. The van der Waals surface area contributed by atoms with Gasteiger partial charge in [0.2, 0.25) is 5.13 Å². The van der Waals surface area contributed by atoms with Gasteiger partial charge in [-0.1, -0.05) is 18.2 Å². The molecule has 3 heterocycles. The van der Waals surface area contributed by atoms with Crippen molar-refractivity contribution < 1.29 is 13.2 Å². The molecule has 0 atom stereocenters. The van der Waals surface area contributed by atoms with Crippen LogP contribution in [-0.4, -0.2) is 42.4 Å². The second kappa shape index (κ2) is 8.80. The van der Waals surface area contributed by atoms with Crippen molar-refractivity contribution in [3.63, 3.8) is 0 Å². The molecule has 1 fully saturated rings. The third kappa shape index (κ3) is 5.05. The van der Waals surface area contributed by atoms with Gasteiger partial charge in [0, 0.05) is 49.0 Å². The lowest BCUT2D eigenvalue weighted by molar-refractivity contribution is -0.137. The summed E-state index contributed by atoms with van der Waals surface area (Å²) in [5.74, 6) is 0.998. The summed E-state index contributed by atoms with van der Waals surface area (Å²) >= 11 is 1.37. The van der Waals surface area contributed by atoms with Crippen LogP contribution in [0.1, 0.15) is 11.1 Å². The molecule has 7 nitrogen and oxygen atoms in total. The van der Waals surface area contributed by atoms with E-state index >= 15 is 0 Å². The predicted molar refractivity (Wildman–Crippen MR) is 118 cm³/mol. The Bertz CT molecular complexity index is 1040. The van der Waals surface area contributed by atoms with Crippen molar-refractivity contribution in [2.75, 3.05) is 47.1 Å². The number of nitrogens with zero attached hydrogens (tertiary/aromatic N) is 5. The third-order valence-corrected chi connectivity index (χ3v) is 5.61. The maximum Gasteiger partial charge on any atom is 0.417 e. The lowest BCUT2D eigenvalue weighted by Gasteiger charge is -2.37. The highest BCUT2D eigenvalue weighted by Gasteiger charge is 2.31. The molecule has 1 saturated heterocycles. The number of piperazine rings is 1. The Balaban J connectivity index is 1.40. The Morgan fingerprint density at radius 1 is 1.06 bits per heavy atom. The van der Waals surface area contributed by atoms with Crippen LogP contribution >= 0.6 is 11.3 Å². The van der Waals surface area contributed by atoms with Gasteiger partial charge in [-0.25, -0.2) is 9.97 Å². The highest BCUT2D eigenvalue weighted by atomic mass is 32.1. The molecular formula is C20H20F3N7S. The molecule has 0 aliphatic carbocycles. The van der Waals surface area contributed by atoms with E-state index in [1.807, 2.05) is 29.2 Å². The van der Waals surface area contributed by atoms with Crippen LogP contribution < -0.4 is 21.0 Å². The van der Waals surface area contributed by atoms with Crippen molar-refractivity contribution in [1.29, 1.82) is 0 Å². The highest BCUT2D eigenvalue weighted by molar-refractivity contribution is 7.14. The molecule has 0 amide bonds. The predicted octanol–water partition coefficient (Wildman–Crippen LogP) is 3.91. The fraction of sp³-hybridized carbons (Fsp3) is 0.250. The molecule has 31 heavy (non-hydrogen) atoms. The van der Waals surface area contributed by atoms with Gasteiger partial charge >= 0.3 is 6.18 Å². The number of aromatic nitrogens is 2. The third-order valence-electron chi connectivity index (χ3n) is 4.84. The number of para-hydroxylation sites is 1. The maximum absolute atomic E-state index is 12.7. The number of nitrogens with one attached hydrogen (secondary N) is 1. The van der Waals surface area contributed by atoms with Gasteiger partial charge in [-0.3, -0.25) is 5.43 Å². The first-order valence-electron chi connectivity index (χ1n) is 9.52. The first kappa shape index (κ1) is 20.9. The average molecular weight is 447 g/mol. The van der Waals surface area contributed by atoms with Crippen LogP contribution in [-0.2, 0) is 6.18 Å². The summed E-state index contributed by atoms with van der Waals surface area (Å²) in [4.78, 5) is 12.3. The molecule has 3 N–H and O–H groups in total. The van der Waals surface area contributed by atoms with Crippen LogP contribution in [0.25, 0.3) is 0 Å². The molecule has 162 valence electrons. The van der Waals surface area contributed by atoms with E-state index in [9.17, 15) is 13.2 Å². The molecule has 0 bridgehead atoms. The minimum Gasteiger partial charge on any atom is -0.383 e. The van der Waals surface area contributed by atoms with Gasteiger partial charge < -0.3 is 15.5 Å². The van der Waals surface area contributed by atoms with Crippen LogP contribution in [0, 0.1) is 0 Å². The Kier molecular flexibility index (Phi) is 5.94. The molecule has 2 aromatic heterocycles. The number of nitrogen functional groups attached to an aromatic ring is 1. The molecule has 1 aliphatic rings. The number of anilines is 4. The van der Waals surface area contributed by atoms with E-state index in [0.717, 1.165) is 23.5 Å². The van der Waals surface area contributed by atoms with Crippen molar-refractivity contribution in [3.8, 4) is 0 Å². The second-order valence-corrected chi connectivity index (χ2v) is 7.74. The Hall–Kier alpha value is -3.34.